The third kappa shape index (κ3) is 6.39. The summed E-state index contributed by atoms with van der Waals surface area (Å²) in [5.74, 6) is -4.08. The average Bonchev–Trinajstić information content (AvgIpc) is 2.67. The van der Waals surface area contributed by atoms with E-state index in [4.69, 9.17) is 0 Å². The number of anilines is 1. The van der Waals surface area contributed by atoms with E-state index in [1.807, 2.05) is 10.0 Å². The van der Waals surface area contributed by atoms with Crippen LogP contribution >= 0.6 is 0 Å². The molecule has 1 heterocycles. The normalized spacial score (nSPS) is 13.0. The Hall–Kier alpha value is -3.22. The summed E-state index contributed by atoms with van der Waals surface area (Å²) in [4.78, 5) is 41.1. The summed E-state index contributed by atoms with van der Waals surface area (Å²) >= 11 is 0. The van der Waals surface area contributed by atoms with Crippen LogP contribution in [0.15, 0.2) is 41.3 Å². The second kappa shape index (κ2) is 9.51. The highest BCUT2D eigenvalue weighted by molar-refractivity contribution is 7.92. The molecule has 32 heavy (non-hydrogen) atoms. The molecule has 1 unspecified atom stereocenters. The molecule has 0 saturated carbocycles. The molecule has 0 spiro atoms. The van der Waals surface area contributed by atoms with Crippen LogP contribution in [-0.2, 0) is 26.2 Å². The first kappa shape index (κ1) is 25.0. The molecule has 174 valence electrons. The highest BCUT2D eigenvalue weighted by Gasteiger charge is 2.45. The number of sulfonamides is 1. The largest absolute Gasteiger partial charge is 0.452 e. The first-order valence-corrected chi connectivity index (χ1v) is 11.1. The van der Waals surface area contributed by atoms with Crippen molar-refractivity contribution < 1.29 is 31.2 Å². The number of hydrogen-bond donors (Lipinski definition) is 2. The number of aromatic nitrogens is 2. The number of benzene rings is 1. The number of Topliss-reactive ketones (excluding diaryl/α,β-unsaturated/α-hetero) is 1. The minimum Gasteiger partial charge on any atom is -0.344 e. The molecule has 13 heteroatoms. The minimum absolute atomic E-state index is 0.0203. The zero-order chi connectivity index (χ0) is 24.3. The van der Waals surface area contributed by atoms with Crippen molar-refractivity contribution in [1.29, 1.82) is 0 Å². The summed E-state index contributed by atoms with van der Waals surface area (Å²) < 4.78 is 64.4. The Bertz CT molecular complexity index is 1160. The van der Waals surface area contributed by atoms with Gasteiger partial charge in [0.05, 0.1) is 18.5 Å². The number of rotatable bonds is 8. The fourth-order valence-corrected chi connectivity index (χ4v) is 3.34. The number of nitrogens with zero attached hydrogens (tertiary/aromatic N) is 2. The number of hydrogen-bond acceptors (Lipinski definition) is 6. The standard InChI is InChI=1S/C19H21F3N4O5S/c1-11(2)15(16(28)19(20,21)22)24-14(27)10-26-17(12-7-5-4-6-8-12)23-9-13(18(26)29)25-32(3,30)31/h4-9,11,15,25H,10H2,1-3H3,(H,24,27). The molecule has 2 aromatic rings. The maximum atomic E-state index is 12.9. The van der Waals surface area contributed by atoms with Crippen LogP contribution in [-0.4, -0.2) is 48.1 Å². The van der Waals surface area contributed by atoms with E-state index in [1.54, 1.807) is 30.3 Å². The molecule has 2 N–H and O–H groups in total. The molecular formula is C19H21F3N4O5S. The molecule has 0 aliphatic carbocycles. The molecule has 1 aromatic carbocycles. The summed E-state index contributed by atoms with van der Waals surface area (Å²) in [6.45, 7) is 1.85. The fourth-order valence-electron chi connectivity index (χ4n) is 2.80. The second-order valence-electron chi connectivity index (χ2n) is 7.28. The predicted octanol–water partition coefficient (Wildman–Crippen LogP) is 1.55. The lowest BCUT2D eigenvalue weighted by molar-refractivity contribution is -0.174. The van der Waals surface area contributed by atoms with E-state index in [1.165, 1.54) is 13.8 Å². The van der Waals surface area contributed by atoms with Crippen molar-refractivity contribution >= 4 is 27.4 Å². The first-order valence-electron chi connectivity index (χ1n) is 9.24. The van der Waals surface area contributed by atoms with E-state index in [0.717, 1.165) is 17.0 Å². The Morgan fingerprint density at radius 2 is 1.75 bits per heavy atom. The third-order valence-corrected chi connectivity index (χ3v) is 4.81. The lowest BCUT2D eigenvalue weighted by Gasteiger charge is -2.23. The molecule has 0 radical (unpaired) electrons. The van der Waals surface area contributed by atoms with Crippen molar-refractivity contribution in [3.05, 3.63) is 46.9 Å². The molecule has 0 bridgehead atoms. The van der Waals surface area contributed by atoms with Crippen LogP contribution in [0.5, 0.6) is 0 Å². The van der Waals surface area contributed by atoms with Crippen molar-refractivity contribution in [1.82, 2.24) is 14.9 Å². The molecule has 9 nitrogen and oxygen atoms in total. The molecule has 2 rings (SSSR count). The van der Waals surface area contributed by atoms with Gasteiger partial charge in [0, 0.05) is 5.56 Å². The Labute approximate surface area is 181 Å². The molecular weight excluding hydrogens is 453 g/mol. The van der Waals surface area contributed by atoms with E-state index in [2.05, 4.69) is 4.98 Å². The summed E-state index contributed by atoms with van der Waals surface area (Å²) in [6.07, 6.45) is -3.37. The topological polar surface area (TPSA) is 127 Å². The van der Waals surface area contributed by atoms with Gasteiger partial charge in [0.25, 0.3) is 11.3 Å². The van der Waals surface area contributed by atoms with Gasteiger partial charge in [0.2, 0.25) is 15.9 Å². The maximum Gasteiger partial charge on any atom is 0.452 e. The zero-order valence-electron chi connectivity index (χ0n) is 17.3. The van der Waals surface area contributed by atoms with Crippen LogP contribution in [0.3, 0.4) is 0 Å². The van der Waals surface area contributed by atoms with Crippen LogP contribution in [0, 0.1) is 5.92 Å². The van der Waals surface area contributed by atoms with Gasteiger partial charge in [-0.3, -0.25) is 23.7 Å². The van der Waals surface area contributed by atoms with Gasteiger partial charge >= 0.3 is 6.18 Å². The number of carbonyl (C=O) groups is 2. The number of amides is 1. The highest BCUT2D eigenvalue weighted by Crippen LogP contribution is 2.21. The molecule has 0 fully saturated rings. The monoisotopic (exact) mass is 474 g/mol. The quantitative estimate of drug-likeness (QED) is 0.598. The van der Waals surface area contributed by atoms with Crippen LogP contribution in [0.25, 0.3) is 11.4 Å². The minimum atomic E-state index is -5.16. The summed E-state index contributed by atoms with van der Waals surface area (Å²) in [7, 11) is -3.85. The van der Waals surface area contributed by atoms with Gasteiger partial charge in [-0.15, -0.1) is 0 Å². The van der Waals surface area contributed by atoms with Crippen molar-refractivity contribution in [3.63, 3.8) is 0 Å². The molecule has 0 aliphatic rings. The fraction of sp³-hybridized carbons (Fsp3) is 0.368. The van der Waals surface area contributed by atoms with E-state index in [-0.39, 0.29) is 5.82 Å². The molecule has 1 atom stereocenters. The number of halogens is 3. The molecule has 1 aromatic heterocycles. The van der Waals surface area contributed by atoms with E-state index in [0.29, 0.717) is 5.56 Å². The molecule has 0 saturated heterocycles. The van der Waals surface area contributed by atoms with Crippen molar-refractivity contribution in [2.75, 3.05) is 11.0 Å². The summed E-state index contributed by atoms with van der Waals surface area (Å²) in [6, 6.07) is 6.24. The van der Waals surface area contributed by atoms with Gasteiger partial charge < -0.3 is 5.32 Å². The van der Waals surface area contributed by atoms with E-state index < -0.39 is 57.6 Å². The van der Waals surface area contributed by atoms with Crippen molar-refractivity contribution in [2.24, 2.45) is 5.92 Å². The summed E-state index contributed by atoms with van der Waals surface area (Å²) in [5.41, 5.74) is -0.996. The van der Waals surface area contributed by atoms with Gasteiger partial charge in [-0.05, 0) is 5.92 Å². The number of nitrogens with one attached hydrogen (secondary N) is 2. The number of carbonyl (C=O) groups excluding carboxylic acids is 2. The van der Waals surface area contributed by atoms with Gasteiger partial charge in [0.1, 0.15) is 18.1 Å². The van der Waals surface area contributed by atoms with Crippen molar-refractivity contribution in [3.8, 4) is 11.4 Å². The Morgan fingerprint density at radius 1 is 1.16 bits per heavy atom. The molecule has 0 aliphatic heterocycles. The SMILES string of the molecule is CC(C)C(NC(=O)Cn1c(-c2ccccc2)ncc(NS(C)(=O)=O)c1=O)C(=O)C(F)(F)F. The predicted molar refractivity (Wildman–Crippen MR) is 110 cm³/mol. The van der Waals surface area contributed by atoms with Crippen molar-refractivity contribution in [2.45, 2.75) is 32.6 Å². The van der Waals surface area contributed by atoms with Crippen LogP contribution < -0.4 is 15.6 Å². The van der Waals surface area contributed by atoms with E-state index >= 15 is 0 Å². The molecule has 1 amide bonds. The lowest BCUT2D eigenvalue weighted by atomic mass is 9.99. The van der Waals surface area contributed by atoms with Gasteiger partial charge in [-0.1, -0.05) is 44.2 Å². The number of ketones is 1. The Morgan fingerprint density at radius 3 is 2.25 bits per heavy atom. The lowest BCUT2D eigenvalue weighted by Crippen LogP contribution is -2.51. The van der Waals surface area contributed by atoms with Crippen LogP contribution in [0.4, 0.5) is 18.9 Å². The van der Waals surface area contributed by atoms with Gasteiger partial charge in [0.15, 0.2) is 0 Å². The highest BCUT2D eigenvalue weighted by atomic mass is 32.2. The third-order valence-electron chi connectivity index (χ3n) is 4.22. The van der Waals surface area contributed by atoms with E-state index in [9.17, 15) is 36.0 Å². The Balaban J connectivity index is 2.47. The van der Waals surface area contributed by atoms with Crippen LogP contribution in [0.1, 0.15) is 13.8 Å². The van der Waals surface area contributed by atoms with Gasteiger partial charge in [-0.2, -0.15) is 13.2 Å². The maximum absolute atomic E-state index is 12.9. The van der Waals surface area contributed by atoms with Gasteiger partial charge in [-0.25, -0.2) is 13.4 Å². The second-order valence-corrected chi connectivity index (χ2v) is 9.03. The van der Waals surface area contributed by atoms with Crippen LogP contribution in [0.2, 0.25) is 0 Å². The first-order chi connectivity index (χ1) is 14.7. The zero-order valence-corrected chi connectivity index (χ0v) is 18.1. The average molecular weight is 474 g/mol. The Kier molecular flexibility index (Phi) is 7.44. The summed E-state index contributed by atoms with van der Waals surface area (Å²) in [5, 5.41) is 2.01. The smallest absolute Gasteiger partial charge is 0.344 e. The number of alkyl halides is 3.